The minimum atomic E-state index is -0.154. The van der Waals surface area contributed by atoms with Crippen LogP contribution in [-0.4, -0.2) is 14.8 Å². The first kappa shape index (κ1) is 11.1. The van der Waals surface area contributed by atoms with Crippen LogP contribution in [0.5, 0.6) is 0 Å². The number of nitrogens with zero attached hydrogens (tertiary/aromatic N) is 3. The SMILES string of the molecule is Cc1cc(Cn2cnnc2Cl)cc(C)c1F. The van der Waals surface area contributed by atoms with E-state index in [2.05, 4.69) is 10.2 Å². The van der Waals surface area contributed by atoms with Crippen molar-refractivity contribution in [2.75, 3.05) is 0 Å². The zero-order valence-corrected chi connectivity index (χ0v) is 9.79. The van der Waals surface area contributed by atoms with Crippen molar-refractivity contribution >= 4 is 11.6 Å². The Labute approximate surface area is 97.9 Å². The smallest absolute Gasteiger partial charge is 0.225 e. The van der Waals surface area contributed by atoms with E-state index in [1.807, 2.05) is 0 Å². The highest BCUT2D eigenvalue weighted by molar-refractivity contribution is 6.28. The van der Waals surface area contributed by atoms with Crippen LogP contribution in [0.1, 0.15) is 16.7 Å². The molecule has 0 unspecified atom stereocenters. The van der Waals surface area contributed by atoms with Gasteiger partial charge in [0.05, 0.1) is 6.54 Å². The van der Waals surface area contributed by atoms with Crippen molar-refractivity contribution in [1.82, 2.24) is 14.8 Å². The lowest BCUT2D eigenvalue weighted by Crippen LogP contribution is -2.00. The van der Waals surface area contributed by atoms with Gasteiger partial charge in [0.2, 0.25) is 5.28 Å². The maximum absolute atomic E-state index is 13.4. The Morgan fingerprint density at radius 3 is 2.44 bits per heavy atom. The molecule has 0 radical (unpaired) electrons. The summed E-state index contributed by atoms with van der Waals surface area (Å²) in [6.07, 6.45) is 1.55. The Morgan fingerprint density at radius 2 is 1.94 bits per heavy atom. The Morgan fingerprint density at radius 1 is 1.31 bits per heavy atom. The second kappa shape index (κ2) is 4.22. The monoisotopic (exact) mass is 239 g/mol. The third-order valence-corrected chi connectivity index (χ3v) is 2.71. The van der Waals surface area contributed by atoms with Crippen molar-refractivity contribution in [2.45, 2.75) is 20.4 Å². The fourth-order valence-corrected chi connectivity index (χ4v) is 1.82. The van der Waals surface area contributed by atoms with E-state index < -0.39 is 0 Å². The van der Waals surface area contributed by atoms with E-state index in [1.165, 1.54) is 0 Å². The van der Waals surface area contributed by atoms with Gasteiger partial charge in [-0.15, -0.1) is 10.2 Å². The fourth-order valence-electron chi connectivity index (χ4n) is 1.67. The molecule has 0 bridgehead atoms. The van der Waals surface area contributed by atoms with Crippen LogP contribution in [0.15, 0.2) is 18.5 Å². The summed E-state index contributed by atoms with van der Waals surface area (Å²) in [4.78, 5) is 0. The molecule has 0 saturated carbocycles. The number of hydrogen-bond acceptors (Lipinski definition) is 2. The molecule has 84 valence electrons. The molecule has 1 heterocycles. The minimum Gasteiger partial charge on any atom is -0.300 e. The van der Waals surface area contributed by atoms with Crippen LogP contribution >= 0.6 is 11.6 Å². The van der Waals surface area contributed by atoms with Crippen molar-refractivity contribution in [3.05, 3.63) is 46.3 Å². The van der Waals surface area contributed by atoms with E-state index in [1.54, 1.807) is 36.9 Å². The molecule has 5 heteroatoms. The van der Waals surface area contributed by atoms with Crippen molar-refractivity contribution < 1.29 is 4.39 Å². The van der Waals surface area contributed by atoms with Crippen LogP contribution < -0.4 is 0 Å². The third-order valence-electron chi connectivity index (χ3n) is 2.42. The Bertz CT molecular complexity index is 499. The summed E-state index contributed by atoms with van der Waals surface area (Å²) < 4.78 is 15.1. The molecular formula is C11H11ClFN3. The second-order valence-corrected chi connectivity index (χ2v) is 4.11. The lowest BCUT2D eigenvalue weighted by molar-refractivity contribution is 0.607. The summed E-state index contributed by atoms with van der Waals surface area (Å²) in [6.45, 7) is 4.05. The molecule has 0 aliphatic carbocycles. The third kappa shape index (κ3) is 2.07. The molecule has 0 saturated heterocycles. The normalized spacial score (nSPS) is 10.8. The van der Waals surface area contributed by atoms with Crippen LogP contribution in [0, 0.1) is 19.7 Å². The molecule has 1 aromatic heterocycles. The summed E-state index contributed by atoms with van der Waals surface area (Å²) in [7, 11) is 0. The Balaban J connectivity index is 2.33. The van der Waals surface area contributed by atoms with Crippen LogP contribution in [0.3, 0.4) is 0 Å². The molecule has 0 N–H and O–H groups in total. The van der Waals surface area contributed by atoms with Crippen LogP contribution in [0.2, 0.25) is 5.28 Å². The zero-order chi connectivity index (χ0) is 11.7. The van der Waals surface area contributed by atoms with Gasteiger partial charge < -0.3 is 0 Å². The van der Waals surface area contributed by atoms with Crippen molar-refractivity contribution in [1.29, 1.82) is 0 Å². The molecule has 0 aliphatic heterocycles. The fraction of sp³-hybridized carbons (Fsp3) is 0.273. The van der Waals surface area contributed by atoms with E-state index in [0.717, 1.165) is 5.56 Å². The first-order valence-corrected chi connectivity index (χ1v) is 5.24. The maximum atomic E-state index is 13.4. The first-order valence-electron chi connectivity index (χ1n) is 4.87. The van der Waals surface area contributed by atoms with Gasteiger partial charge in [-0.05, 0) is 42.1 Å². The van der Waals surface area contributed by atoms with Gasteiger partial charge in [0, 0.05) is 0 Å². The van der Waals surface area contributed by atoms with Crippen molar-refractivity contribution in [2.24, 2.45) is 0 Å². The predicted molar refractivity (Wildman–Crippen MR) is 60.0 cm³/mol. The average molecular weight is 240 g/mol. The molecule has 16 heavy (non-hydrogen) atoms. The van der Waals surface area contributed by atoms with E-state index in [9.17, 15) is 4.39 Å². The number of rotatable bonds is 2. The number of halogens is 2. The van der Waals surface area contributed by atoms with Gasteiger partial charge in [-0.3, -0.25) is 4.57 Å². The summed E-state index contributed by atoms with van der Waals surface area (Å²) >= 11 is 5.82. The predicted octanol–water partition coefficient (Wildman–Crippen LogP) is 2.74. The Hall–Kier alpha value is -1.42. The molecule has 0 amide bonds. The number of aromatic nitrogens is 3. The number of benzene rings is 1. The van der Waals surface area contributed by atoms with Gasteiger partial charge in [-0.2, -0.15) is 0 Å². The quantitative estimate of drug-likeness (QED) is 0.807. The molecule has 0 spiro atoms. The van der Waals surface area contributed by atoms with E-state index in [-0.39, 0.29) is 5.82 Å². The topological polar surface area (TPSA) is 30.7 Å². The van der Waals surface area contributed by atoms with E-state index in [0.29, 0.717) is 23.0 Å². The van der Waals surface area contributed by atoms with E-state index in [4.69, 9.17) is 11.6 Å². The van der Waals surface area contributed by atoms with Gasteiger partial charge in [0.1, 0.15) is 12.1 Å². The highest BCUT2D eigenvalue weighted by Crippen LogP contribution is 2.16. The number of aryl methyl sites for hydroxylation is 2. The van der Waals surface area contributed by atoms with Crippen LogP contribution in [0.25, 0.3) is 0 Å². The average Bonchev–Trinajstić information content (AvgIpc) is 2.61. The summed E-state index contributed by atoms with van der Waals surface area (Å²) in [5, 5.41) is 7.70. The number of hydrogen-bond donors (Lipinski definition) is 0. The highest BCUT2D eigenvalue weighted by atomic mass is 35.5. The molecule has 2 rings (SSSR count). The molecule has 1 aromatic carbocycles. The van der Waals surface area contributed by atoms with E-state index >= 15 is 0 Å². The molecule has 3 nitrogen and oxygen atoms in total. The van der Waals surface area contributed by atoms with Crippen molar-refractivity contribution in [3.8, 4) is 0 Å². The first-order chi connectivity index (χ1) is 7.58. The summed E-state index contributed by atoms with van der Waals surface area (Å²) in [5.41, 5.74) is 2.26. The van der Waals surface area contributed by atoms with Crippen molar-refractivity contribution in [3.63, 3.8) is 0 Å². The van der Waals surface area contributed by atoms with Gasteiger partial charge in [-0.1, -0.05) is 12.1 Å². The lowest BCUT2D eigenvalue weighted by Gasteiger charge is -2.07. The summed E-state index contributed by atoms with van der Waals surface area (Å²) in [5.74, 6) is -0.154. The maximum Gasteiger partial charge on any atom is 0.225 e. The largest absolute Gasteiger partial charge is 0.300 e. The summed E-state index contributed by atoms with van der Waals surface area (Å²) in [6, 6.07) is 3.61. The van der Waals surface area contributed by atoms with Gasteiger partial charge in [0.25, 0.3) is 0 Å². The van der Waals surface area contributed by atoms with Crippen LogP contribution in [-0.2, 0) is 6.54 Å². The minimum absolute atomic E-state index is 0.154. The Kier molecular flexibility index (Phi) is 2.92. The molecule has 0 fully saturated rings. The molecule has 2 aromatic rings. The van der Waals surface area contributed by atoms with Gasteiger partial charge >= 0.3 is 0 Å². The molecule has 0 aliphatic rings. The standard InChI is InChI=1S/C11H11ClFN3/c1-7-3-9(4-8(2)10(7)13)5-16-6-14-15-11(16)12/h3-4,6H,5H2,1-2H3. The molecule has 0 atom stereocenters. The van der Waals surface area contributed by atoms with Gasteiger partial charge in [-0.25, -0.2) is 4.39 Å². The highest BCUT2D eigenvalue weighted by Gasteiger charge is 2.06. The van der Waals surface area contributed by atoms with Gasteiger partial charge in [0.15, 0.2) is 0 Å². The molecular weight excluding hydrogens is 229 g/mol. The second-order valence-electron chi connectivity index (χ2n) is 3.77. The zero-order valence-electron chi connectivity index (χ0n) is 9.04. The lowest BCUT2D eigenvalue weighted by atomic mass is 10.1. The van der Waals surface area contributed by atoms with Crippen LogP contribution in [0.4, 0.5) is 4.39 Å².